The van der Waals surface area contributed by atoms with Crippen molar-refractivity contribution in [1.29, 1.82) is 0 Å². The molecular weight excluding hydrogens is 626 g/mol. The Balaban J connectivity index is 1.37. The number of likely N-dealkylation sites (tertiary alicyclic amines) is 1. The SMILES string of the molecule is CCC[C@H](NC(=O)[C@@H]1C2CCCC2CN1C(=O)[C@@H](NC(=O)[C@@H](NC(=O)c1cnccn1)c1ccccc1)C(C)(C)C)C(=O)C(=O)NC1CC1. The molecular formula is C36H47N7O6. The number of carbonyl (C=O) groups excluding carboxylic acids is 6. The third kappa shape index (κ3) is 8.49. The predicted octanol–water partition coefficient (Wildman–Crippen LogP) is 2.24. The molecule has 2 saturated carbocycles. The lowest BCUT2D eigenvalue weighted by Gasteiger charge is -2.37. The second kappa shape index (κ2) is 15.3. The van der Waals surface area contributed by atoms with Crippen molar-refractivity contribution in [3.05, 3.63) is 60.2 Å². The minimum absolute atomic E-state index is 0.00276. The van der Waals surface area contributed by atoms with Gasteiger partial charge in [0.1, 0.15) is 23.8 Å². The number of fused-ring (bicyclic) bond motifs is 1. The minimum Gasteiger partial charge on any atom is -0.347 e. The molecule has 2 heterocycles. The maximum absolute atomic E-state index is 14.6. The molecule has 2 unspecified atom stereocenters. The van der Waals surface area contributed by atoms with Crippen LogP contribution >= 0.6 is 0 Å². The molecule has 5 amide bonds. The van der Waals surface area contributed by atoms with Crippen LogP contribution in [0.4, 0.5) is 0 Å². The lowest BCUT2D eigenvalue weighted by Crippen LogP contribution is -2.60. The van der Waals surface area contributed by atoms with Crippen molar-refractivity contribution in [3.63, 3.8) is 0 Å². The van der Waals surface area contributed by atoms with Crippen LogP contribution in [-0.4, -0.2) is 80.9 Å². The second-order valence-corrected chi connectivity index (χ2v) is 14.5. The van der Waals surface area contributed by atoms with Crippen molar-refractivity contribution in [2.45, 2.75) is 103 Å². The van der Waals surface area contributed by atoms with Gasteiger partial charge in [0.05, 0.1) is 12.2 Å². The van der Waals surface area contributed by atoms with Gasteiger partial charge >= 0.3 is 0 Å². The van der Waals surface area contributed by atoms with E-state index in [-0.39, 0.29) is 23.6 Å². The molecule has 262 valence electrons. The summed E-state index contributed by atoms with van der Waals surface area (Å²) in [5.74, 6) is -3.50. The van der Waals surface area contributed by atoms with E-state index in [9.17, 15) is 28.8 Å². The molecule has 13 heteroatoms. The van der Waals surface area contributed by atoms with Crippen molar-refractivity contribution in [2.75, 3.05) is 6.54 Å². The molecule has 3 fully saturated rings. The van der Waals surface area contributed by atoms with Crippen LogP contribution < -0.4 is 21.3 Å². The average molecular weight is 674 g/mol. The van der Waals surface area contributed by atoms with Crippen LogP contribution in [0.2, 0.25) is 0 Å². The largest absolute Gasteiger partial charge is 0.347 e. The second-order valence-electron chi connectivity index (χ2n) is 14.5. The zero-order valence-corrected chi connectivity index (χ0v) is 28.6. The fraction of sp³-hybridized carbons (Fsp3) is 0.556. The van der Waals surface area contributed by atoms with Gasteiger partial charge in [-0.05, 0) is 54.9 Å². The number of amides is 5. The van der Waals surface area contributed by atoms with E-state index in [0.29, 0.717) is 24.9 Å². The Morgan fingerprint density at radius 1 is 0.939 bits per heavy atom. The highest BCUT2D eigenvalue weighted by atomic mass is 16.2. The first-order chi connectivity index (χ1) is 23.4. The van der Waals surface area contributed by atoms with Crippen molar-refractivity contribution >= 4 is 35.3 Å². The summed E-state index contributed by atoms with van der Waals surface area (Å²) in [4.78, 5) is 91.0. The third-order valence-electron chi connectivity index (χ3n) is 9.65. The van der Waals surface area contributed by atoms with E-state index >= 15 is 0 Å². The Morgan fingerprint density at radius 3 is 2.31 bits per heavy atom. The maximum Gasteiger partial charge on any atom is 0.289 e. The molecule has 4 N–H and O–H groups in total. The van der Waals surface area contributed by atoms with Crippen molar-refractivity contribution in [2.24, 2.45) is 17.3 Å². The lowest BCUT2D eigenvalue weighted by molar-refractivity contribution is -0.146. The van der Waals surface area contributed by atoms with Crippen LogP contribution in [0.3, 0.4) is 0 Å². The summed E-state index contributed by atoms with van der Waals surface area (Å²) in [6.45, 7) is 7.69. The molecule has 13 nitrogen and oxygen atoms in total. The molecule has 3 aliphatic rings. The van der Waals surface area contributed by atoms with Gasteiger partial charge in [-0.3, -0.25) is 33.8 Å². The summed E-state index contributed by atoms with van der Waals surface area (Å²) in [6.07, 6.45) is 9.16. The smallest absolute Gasteiger partial charge is 0.289 e. The molecule has 0 spiro atoms. The molecule has 49 heavy (non-hydrogen) atoms. The van der Waals surface area contributed by atoms with E-state index in [4.69, 9.17) is 0 Å². The number of aromatic nitrogens is 2. The summed E-state index contributed by atoms with van der Waals surface area (Å²) >= 11 is 0. The van der Waals surface area contributed by atoms with Crippen molar-refractivity contribution in [3.8, 4) is 0 Å². The van der Waals surface area contributed by atoms with Crippen molar-refractivity contribution in [1.82, 2.24) is 36.1 Å². The summed E-state index contributed by atoms with van der Waals surface area (Å²) in [5.41, 5.74) is -0.256. The number of hydrogen-bond acceptors (Lipinski definition) is 8. The van der Waals surface area contributed by atoms with Crippen LogP contribution in [0.25, 0.3) is 0 Å². The number of nitrogens with one attached hydrogen (secondary N) is 4. The van der Waals surface area contributed by atoms with E-state index in [1.807, 2.05) is 27.7 Å². The molecule has 5 rings (SSSR count). The topological polar surface area (TPSA) is 180 Å². The Bertz CT molecular complexity index is 1540. The quantitative estimate of drug-likeness (QED) is 0.234. The first-order valence-corrected chi connectivity index (χ1v) is 17.3. The number of Topliss-reactive ketones (excluding diaryl/α,β-unsaturated/α-hetero) is 1. The first kappa shape index (κ1) is 35.6. The fourth-order valence-corrected chi connectivity index (χ4v) is 6.93. The number of carbonyl (C=O) groups is 6. The predicted molar refractivity (Wildman–Crippen MR) is 179 cm³/mol. The van der Waals surface area contributed by atoms with Gasteiger partial charge in [-0.2, -0.15) is 0 Å². The van der Waals surface area contributed by atoms with Gasteiger partial charge in [0.25, 0.3) is 11.8 Å². The number of ketones is 1. The Morgan fingerprint density at radius 2 is 1.67 bits per heavy atom. The molecule has 2 aromatic rings. The Kier molecular flexibility index (Phi) is 11.1. The van der Waals surface area contributed by atoms with Gasteiger partial charge < -0.3 is 26.2 Å². The van der Waals surface area contributed by atoms with Crippen LogP contribution in [0.1, 0.15) is 94.7 Å². The van der Waals surface area contributed by atoms with Gasteiger partial charge in [0, 0.05) is 25.0 Å². The average Bonchev–Trinajstić information content (AvgIpc) is 3.65. The molecule has 6 atom stereocenters. The van der Waals surface area contributed by atoms with Crippen LogP contribution in [-0.2, 0) is 24.0 Å². The summed E-state index contributed by atoms with van der Waals surface area (Å²) < 4.78 is 0. The molecule has 1 aromatic carbocycles. The van der Waals surface area contributed by atoms with E-state index in [1.54, 1.807) is 35.2 Å². The highest BCUT2D eigenvalue weighted by molar-refractivity contribution is 6.38. The highest BCUT2D eigenvalue weighted by Crippen LogP contribution is 2.43. The molecule has 1 aromatic heterocycles. The van der Waals surface area contributed by atoms with Crippen LogP contribution in [0.15, 0.2) is 48.9 Å². The van der Waals surface area contributed by atoms with Gasteiger partial charge in [0.2, 0.25) is 23.5 Å². The van der Waals surface area contributed by atoms with Gasteiger partial charge in [-0.15, -0.1) is 0 Å². The highest BCUT2D eigenvalue weighted by Gasteiger charge is 2.52. The van der Waals surface area contributed by atoms with E-state index in [2.05, 4.69) is 31.2 Å². The van der Waals surface area contributed by atoms with Gasteiger partial charge in [-0.1, -0.05) is 70.9 Å². The van der Waals surface area contributed by atoms with Crippen LogP contribution in [0, 0.1) is 17.3 Å². The summed E-state index contributed by atoms with van der Waals surface area (Å²) in [5, 5.41) is 11.2. The monoisotopic (exact) mass is 673 g/mol. The van der Waals surface area contributed by atoms with E-state index < -0.39 is 64.9 Å². The number of benzene rings is 1. The maximum atomic E-state index is 14.6. The van der Waals surface area contributed by atoms with E-state index in [0.717, 1.165) is 32.1 Å². The fourth-order valence-electron chi connectivity index (χ4n) is 6.93. The molecule has 1 saturated heterocycles. The molecule has 0 bridgehead atoms. The zero-order valence-electron chi connectivity index (χ0n) is 28.6. The minimum atomic E-state index is -1.16. The third-order valence-corrected chi connectivity index (χ3v) is 9.65. The summed E-state index contributed by atoms with van der Waals surface area (Å²) in [7, 11) is 0. The van der Waals surface area contributed by atoms with Gasteiger partial charge in [0.15, 0.2) is 0 Å². The summed E-state index contributed by atoms with van der Waals surface area (Å²) in [6, 6.07) is 4.61. The van der Waals surface area contributed by atoms with Crippen molar-refractivity contribution < 1.29 is 28.8 Å². The van der Waals surface area contributed by atoms with E-state index in [1.165, 1.54) is 18.6 Å². The normalized spacial score (nSPS) is 21.9. The lowest BCUT2D eigenvalue weighted by atomic mass is 9.85. The number of nitrogens with zero attached hydrogens (tertiary/aromatic N) is 3. The molecule has 0 radical (unpaired) electrons. The molecule has 2 aliphatic carbocycles. The Hall–Kier alpha value is -4.68. The number of rotatable bonds is 13. The number of hydrogen-bond donors (Lipinski definition) is 4. The first-order valence-electron chi connectivity index (χ1n) is 17.3. The zero-order chi connectivity index (χ0) is 35.3. The Labute approximate surface area is 286 Å². The molecule has 1 aliphatic heterocycles. The van der Waals surface area contributed by atoms with Crippen LogP contribution in [0.5, 0.6) is 0 Å². The van der Waals surface area contributed by atoms with Gasteiger partial charge in [-0.25, -0.2) is 4.98 Å². The standard InChI is InChI=1S/C36H47N7O6/c1-5-10-25(29(44)34(48)39-23-15-16-23)40-33(47)28-24-14-9-13-22(24)20-43(28)35(49)30(36(2,3)4)42-32(46)27(21-11-7-6-8-12-21)41-31(45)26-19-37-17-18-38-26/h6-8,11-12,17-19,22-25,27-28,30H,5,9-10,13-16,20H2,1-4H3,(H,39,48)(H,40,47)(H,41,45)(H,42,46)/t22?,24?,25-,27-,28-,30+/m0/s1.